The Morgan fingerprint density at radius 3 is 2.28 bits per heavy atom. The minimum Gasteiger partial charge on any atom is -0.475 e. The molecule has 2 rings (SSSR count). The lowest BCUT2D eigenvalue weighted by atomic mass is 10.0. The van der Waals surface area contributed by atoms with E-state index in [1.807, 2.05) is 26.0 Å². The van der Waals surface area contributed by atoms with Crippen LogP contribution in [0.2, 0.25) is 0 Å². The molecule has 1 heterocycles. The lowest BCUT2D eigenvalue weighted by Crippen LogP contribution is -2.03. The van der Waals surface area contributed by atoms with Crippen LogP contribution >= 0.6 is 0 Å². The van der Waals surface area contributed by atoms with Crippen LogP contribution in [0.3, 0.4) is 0 Å². The highest BCUT2D eigenvalue weighted by Gasteiger charge is 2.17. The molecule has 92 valence electrons. The zero-order valence-electron chi connectivity index (χ0n) is 10.1. The van der Waals surface area contributed by atoms with E-state index in [1.54, 1.807) is 6.07 Å². The molecule has 0 aliphatic heterocycles. The van der Waals surface area contributed by atoms with Gasteiger partial charge in [-0.05, 0) is 31.5 Å². The summed E-state index contributed by atoms with van der Waals surface area (Å²) in [7, 11) is 0. The number of hydrogen-bond donors (Lipinski definition) is 1. The highest BCUT2D eigenvalue weighted by molar-refractivity contribution is 6.08. The number of ketones is 1. The van der Waals surface area contributed by atoms with E-state index in [0.29, 0.717) is 5.56 Å². The van der Waals surface area contributed by atoms with E-state index in [9.17, 15) is 9.59 Å². The summed E-state index contributed by atoms with van der Waals surface area (Å²) in [6.07, 6.45) is 0. The van der Waals surface area contributed by atoms with Crippen LogP contribution in [0.15, 0.2) is 34.7 Å². The average Bonchev–Trinajstić information content (AvgIpc) is 2.77. The van der Waals surface area contributed by atoms with Crippen LogP contribution in [0, 0.1) is 13.8 Å². The van der Waals surface area contributed by atoms with Crippen molar-refractivity contribution in [3.8, 4) is 0 Å². The van der Waals surface area contributed by atoms with Crippen molar-refractivity contribution in [2.75, 3.05) is 0 Å². The topological polar surface area (TPSA) is 67.5 Å². The van der Waals surface area contributed by atoms with Gasteiger partial charge in [-0.25, -0.2) is 4.79 Å². The van der Waals surface area contributed by atoms with Crippen LogP contribution in [-0.4, -0.2) is 16.9 Å². The number of aryl methyl sites for hydroxylation is 2. The van der Waals surface area contributed by atoms with Gasteiger partial charge in [0.1, 0.15) is 0 Å². The van der Waals surface area contributed by atoms with Gasteiger partial charge in [-0.15, -0.1) is 0 Å². The molecule has 4 nitrogen and oxygen atoms in total. The first-order chi connectivity index (χ1) is 8.49. The van der Waals surface area contributed by atoms with Crippen molar-refractivity contribution in [1.29, 1.82) is 0 Å². The van der Waals surface area contributed by atoms with E-state index in [2.05, 4.69) is 0 Å². The van der Waals surface area contributed by atoms with Crippen LogP contribution in [0.25, 0.3) is 0 Å². The number of benzene rings is 1. The Hall–Kier alpha value is -2.36. The number of hydrogen-bond acceptors (Lipinski definition) is 3. The number of rotatable bonds is 3. The number of furan rings is 1. The summed E-state index contributed by atoms with van der Waals surface area (Å²) >= 11 is 0. The van der Waals surface area contributed by atoms with Gasteiger partial charge in [0, 0.05) is 5.56 Å². The maximum absolute atomic E-state index is 12.1. The molecule has 0 unspecified atom stereocenters. The molecule has 0 spiro atoms. The molecule has 18 heavy (non-hydrogen) atoms. The average molecular weight is 244 g/mol. The van der Waals surface area contributed by atoms with Gasteiger partial charge in [-0.1, -0.05) is 23.8 Å². The summed E-state index contributed by atoms with van der Waals surface area (Å²) in [5.74, 6) is -1.68. The Balaban J connectivity index is 2.38. The molecule has 0 aliphatic carbocycles. The molecule has 2 aromatic rings. The SMILES string of the molecule is Cc1ccc(C(=O)c2ccc(C(=O)O)o2)c(C)c1. The van der Waals surface area contributed by atoms with Crippen LogP contribution in [0.1, 0.15) is 37.8 Å². The molecule has 1 aromatic carbocycles. The molecular formula is C14H12O4. The van der Waals surface area contributed by atoms with Crippen LogP contribution in [0.4, 0.5) is 0 Å². The van der Waals surface area contributed by atoms with Gasteiger partial charge in [0.2, 0.25) is 11.5 Å². The van der Waals surface area contributed by atoms with Crippen LogP contribution in [0.5, 0.6) is 0 Å². The zero-order valence-corrected chi connectivity index (χ0v) is 10.1. The second-order valence-corrected chi connectivity index (χ2v) is 4.12. The van der Waals surface area contributed by atoms with Gasteiger partial charge in [-0.3, -0.25) is 4.79 Å². The molecule has 0 aliphatic rings. The molecule has 0 atom stereocenters. The van der Waals surface area contributed by atoms with Crippen molar-refractivity contribution in [3.05, 3.63) is 58.5 Å². The number of carboxylic acids is 1. The maximum Gasteiger partial charge on any atom is 0.371 e. The van der Waals surface area contributed by atoms with E-state index in [1.165, 1.54) is 12.1 Å². The number of carbonyl (C=O) groups excluding carboxylic acids is 1. The van der Waals surface area contributed by atoms with Crippen LogP contribution < -0.4 is 0 Å². The predicted octanol–water partition coefficient (Wildman–Crippen LogP) is 2.83. The van der Waals surface area contributed by atoms with Crippen molar-refractivity contribution in [1.82, 2.24) is 0 Å². The molecule has 0 bridgehead atoms. The van der Waals surface area contributed by atoms with E-state index in [4.69, 9.17) is 9.52 Å². The summed E-state index contributed by atoms with van der Waals surface area (Å²) in [5, 5.41) is 8.74. The van der Waals surface area contributed by atoms with Crippen molar-refractivity contribution < 1.29 is 19.1 Å². The third-order valence-corrected chi connectivity index (χ3v) is 2.67. The Morgan fingerprint density at radius 2 is 1.72 bits per heavy atom. The quantitative estimate of drug-likeness (QED) is 0.843. The van der Waals surface area contributed by atoms with Crippen molar-refractivity contribution >= 4 is 11.8 Å². The van der Waals surface area contributed by atoms with Gasteiger partial charge >= 0.3 is 5.97 Å². The van der Waals surface area contributed by atoms with Crippen molar-refractivity contribution in [2.45, 2.75) is 13.8 Å². The molecule has 0 radical (unpaired) electrons. The third kappa shape index (κ3) is 2.18. The van der Waals surface area contributed by atoms with Crippen molar-refractivity contribution in [2.24, 2.45) is 0 Å². The van der Waals surface area contributed by atoms with E-state index < -0.39 is 5.97 Å². The second kappa shape index (κ2) is 4.49. The summed E-state index contributed by atoms with van der Waals surface area (Å²) in [6.45, 7) is 3.78. The molecule has 1 N–H and O–H groups in total. The van der Waals surface area contributed by atoms with Gasteiger partial charge in [-0.2, -0.15) is 0 Å². The molecule has 0 amide bonds. The molecule has 0 fully saturated rings. The zero-order chi connectivity index (χ0) is 13.3. The number of carboxylic acid groups (broad SMARTS) is 1. The number of aromatic carboxylic acids is 1. The normalized spacial score (nSPS) is 10.3. The number of carbonyl (C=O) groups is 2. The maximum atomic E-state index is 12.1. The summed E-state index contributed by atoms with van der Waals surface area (Å²) < 4.78 is 5.00. The van der Waals surface area contributed by atoms with E-state index in [0.717, 1.165) is 11.1 Å². The van der Waals surface area contributed by atoms with Crippen molar-refractivity contribution in [3.63, 3.8) is 0 Å². The molecule has 4 heteroatoms. The summed E-state index contributed by atoms with van der Waals surface area (Å²) in [6, 6.07) is 8.11. The van der Waals surface area contributed by atoms with Gasteiger partial charge in [0.25, 0.3) is 0 Å². The predicted molar refractivity (Wildman–Crippen MR) is 65.0 cm³/mol. The van der Waals surface area contributed by atoms with Gasteiger partial charge in [0.05, 0.1) is 0 Å². The van der Waals surface area contributed by atoms with E-state index in [-0.39, 0.29) is 17.3 Å². The minimum atomic E-state index is -1.19. The van der Waals surface area contributed by atoms with Crippen LogP contribution in [-0.2, 0) is 0 Å². The van der Waals surface area contributed by atoms with Gasteiger partial charge < -0.3 is 9.52 Å². The Morgan fingerprint density at radius 1 is 1.06 bits per heavy atom. The molecule has 0 saturated carbocycles. The first-order valence-corrected chi connectivity index (χ1v) is 5.44. The van der Waals surface area contributed by atoms with E-state index >= 15 is 0 Å². The Bertz CT molecular complexity index is 622. The fourth-order valence-electron chi connectivity index (χ4n) is 1.78. The Kier molecular flexibility index (Phi) is 3.02. The highest BCUT2D eigenvalue weighted by atomic mass is 16.4. The second-order valence-electron chi connectivity index (χ2n) is 4.12. The lowest BCUT2D eigenvalue weighted by Gasteiger charge is -2.03. The Labute approximate surface area is 104 Å². The fourth-order valence-corrected chi connectivity index (χ4v) is 1.78. The standard InChI is InChI=1S/C14H12O4/c1-8-3-4-10(9(2)7-8)13(15)11-5-6-12(18-11)14(16)17/h3-7H,1-2H3,(H,16,17). The minimum absolute atomic E-state index is 0.0411. The summed E-state index contributed by atoms with van der Waals surface area (Å²) in [4.78, 5) is 22.8. The lowest BCUT2D eigenvalue weighted by molar-refractivity contribution is 0.0660. The first-order valence-electron chi connectivity index (χ1n) is 5.44. The largest absolute Gasteiger partial charge is 0.475 e. The fraction of sp³-hybridized carbons (Fsp3) is 0.143. The third-order valence-electron chi connectivity index (χ3n) is 2.67. The van der Waals surface area contributed by atoms with Gasteiger partial charge in [0.15, 0.2) is 5.76 Å². The molecule has 0 saturated heterocycles. The highest BCUT2D eigenvalue weighted by Crippen LogP contribution is 2.17. The molecule has 1 aromatic heterocycles. The first kappa shape index (κ1) is 12.1. The monoisotopic (exact) mass is 244 g/mol. The summed E-state index contributed by atoms with van der Waals surface area (Å²) in [5.41, 5.74) is 2.43. The molecular weight excluding hydrogens is 232 g/mol. The smallest absolute Gasteiger partial charge is 0.371 e.